The second kappa shape index (κ2) is 2.95. The molecule has 6 heteroatoms. The van der Waals surface area contributed by atoms with E-state index >= 15 is 0 Å². The number of amides is 2. The van der Waals surface area contributed by atoms with E-state index in [0.717, 1.165) is 0 Å². The summed E-state index contributed by atoms with van der Waals surface area (Å²) in [6.07, 6.45) is 3.95. The van der Waals surface area contributed by atoms with E-state index in [9.17, 15) is 9.59 Å². The first-order chi connectivity index (χ1) is 10.1. The maximum atomic E-state index is 12.6. The molecule has 0 aromatic carbocycles. The smallest absolute Gasteiger partial charge is 0.235 e. The molecule has 6 rings (SSSR count). The van der Waals surface area contributed by atoms with Gasteiger partial charge in [0, 0.05) is 18.9 Å². The lowest BCUT2D eigenvalue weighted by Gasteiger charge is -2.48. The van der Waals surface area contributed by atoms with Gasteiger partial charge in [0.2, 0.25) is 11.8 Å². The number of ether oxygens (including phenoxy) is 3. The van der Waals surface area contributed by atoms with Gasteiger partial charge in [-0.1, -0.05) is 12.2 Å². The minimum absolute atomic E-state index is 0.00154. The lowest BCUT2D eigenvalue weighted by molar-refractivity contribution is -0.196. The fourth-order valence-corrected chi connectivity index (χ4v) is 6.03. The maximum absolute atomic E-state index is 12.6. The third kappa shape index (κ3) is 0.894. The summed E-state index contributed by atoms with van der Waals surface area (Å²) in [5.41, 5.74) is -1.12. The zero-order valence-corrected chi connectivity index (χ0v) is 11.5. The van der Waals surface area contributed by atoms with Gasteiger partial charge in [-0.05, 0) is 0 Å². The zero-order valence-electron chi connectivity index (χ0n) is 11.5. The molecule has 2 spiro atoms. The van der Waals surface area contributed by atoms with Gasteiger partial charge >= 0.3 is 0 Å². The van der Waals surface area contributed by atoms with Gasteiger partial charge in [0.15, 0.2) is 0 Å². The van der Waals surface area contributed by atoms with Crippen molar-refractivity contribution in [1.29, 1.82) is 0 Å². The molecule has 0 N–H and O–H groups in total. The average molecular weight is 289 g/mol. The molecular formula is C15H15NO5. The van der Waals surface area contributed by atoms with Gasteiger partial charge in [-0.25, -0.2) is 0 Å². The van der Waals surface area contributed by atoms with E-state index in [1.165, 1.54) is 4.90 Å². The Balaban J connectivity index is 1.59. The van der Waals surface area contributed by atoms with Crippen LogP contribution in [0.2, 0.25) is 0 Å². The molecule has 0 unspecified atom stereocenters. The number of nitrogens with zero attached hydrogens (tertiary/aromatic N) is 1. The molecule has 2 amide bonds. The molecule has 21 heavy (non-hydrogen) atoms. The van der Waals surface area contributed by atoms with Crippen LogP contribution in [0.25, 0.3) is 0 Å². The molecule has 4 bridgehead atoms. The summed E-state index contributed by atoms with van der Waals surface area (Å²) in [6.45, 7) is 0.915. The Morgan fingerprint density at radius 3 is 2.95 bits per heavy atom. The molecule has 0 aliphatic carbocycles. The highest BCUT2D eigenvalue weighted by molar-refractivity contribution is 6.06. The molecule has 0 aromatic rings. The Bertz CT molecular complexity index is 646. The van der Waals surface area contributed by atoms with Crippen LogP contribution in [0, 0.1) is 23.7 Å². The van der Waals surface area contributed by atoms with E-state index in [1.807, 2.05) is 0 Å². The van der Waals surface area contributed by atoms with E-state index < -0.39 is 17.1 Å². The third-order valence-corrected chi connectivity index (χ3v) is 6.58. The van der Waals surface area contributed by atoms with Crippen molar-refractivity contribution in [1.82, 2.24) is 4.90 Å². The molecule has 6 aliphatic heterocycles. The first-order valence-electron chi connectivity index (χ1n) is 7.53. The van der Waals surface area contributed by atoms with Gasteiger partial charge < -0.3 is 14.2 Å². The van der Waals surface area contributed by atoms with Crippen molar-refractivity contribution in [2.75, 3.05) is 20.3 Å². The van der Waals surface area contributed by atoms with Crippen molar-refractivity contribution < 1.29 is 23.8 Å². The molecule has 0 saturated carbocycles. The van der Waals surface area contributed by atoms with Crippen LogP contribution in [0.4, 0.5) is 0 Å². The molecule has 8 atom stereocenters. The predicted octanol–water partition coefficient (Wildman–Crippen LogP) is -0.661. The number of carbonyl (C=O) groups is 2. The van der Waals surface area contributed by atoms with Crippen LogP contribution in [0.1, 0.15) is 0 Å². The summed E-state index contributed by atoms with van der Waals surface area (Å²) < 4.78 is 18.3. The highest BCUT2D eigenvalue weighted by Gasteiger charge is 2.83. The number of imide groups is 1. The van der Waals surface area contributed by atoms with Gasteiger partial charge in [-0.15, -0.1) is 0 Å². The first-order valence-corrected chi connectivity index (χ1v) is 7.53. The summed E-state index contributed by atoms with van der Waals surface area (Å²) in [7, 11) is 1.58. The van der Waals surface area contributed by atoms with Crippen LogP contribution >= 0.6 is 0 Å². The van der Waals surface area contributed by atoms with Crippen molar-refractivity contribution in [3.8, 4) is 0 Å². The van der Waals surface area contributed by atoms with Crippen LogP contribution in [0.15, 0.2) is 12.2 Å². The standard InChI is InChI=1S/C15H15NO5/c1-16-12(17)8-9(13(16)18)15-5-19-4-14-3-2-6(20-14)7(11(14)15)10(8)21-15/h2-3,6-11H,4-5H2,1H3/t6-,7+,8+,9+,10-,11-,14-,15-/m1/s1. The van der Waals surface area contributed by atoms with E-state index in [2.05, 4.69) is 12.2 Å². The Morgan fingerprint density at radius 2 is 2.10 bits per heavy atom. The Labute approximate surface area is 121 Å². The lowest BCUT2D eigenvalue weighted by Crippen LogP contribution is -2.63. The highest BCUT2D eigenvalue weighted by atomic mass is 16.6. The molecule has 110 valence electrons. The second-order valence-corrected chi connectivity index (χ2v) is 7.22. The van der Waals surface area contributed by atoms with Crippen LogP contribution < -0.4 is 0 Å². The number of rotatable bonds is 0. The predicted molar refractivity (Wildman–Crippen MR) is 66.9 cm³/mol. The highest BCUT2D eigenvalue weighted by Crippen LogP contribution is 2.70. The van der Waals surface area contributed by atoms with Crippen LogP contribution in [0.3, 0.4) is 0 Å². The molecule has 0 aromatic heterocycles. The topological polar surface area (TPSA) is 65.1 Å². The van der Waals surface area contributed by atoms with Crippen molar-refractivity contribution in [3.63, 3.8) is 0 Å². The molecular weight excluding hydrogens is 274 g/mol. The van der Waals surface area contributed by atoms with Gasteiger partial charge in [-0.2, -0.15) is 0 Å². The monoisotopic (exact) mass is 289 g/mol. The summed E-state index contributed by atoms with van der Waals surface area (Å²) in [5.74, 6) is -0.629. The van der Waals surface area contributed by atoms with Gasteiger partial charge in [0.1, 0.15) is 11.2 Å². The number of hydrogen-bond donors (Lipinski definition) is 0. The molecule has 0 radical (unpaired) electrons. The van der Waals surface area contributed by atoms with Gasteiger partial charge in [-0.3, -0.25) is 14.5 Å². The number of fused-ring (bicyclic) bond motifs is 6. The maximum Gasteiger partial charge on any atom is 0.235 e. The molecule has 6 aliphatic rings. The molecule has 5 saturated heterocycles. The molecule has 6 heterocycles. The Morgan fingerprint density at radius 1 is 1.24 bits per heavy atom. The first kappa shape index (κ1) is 11.3. The second-order valence-electron chi connectivity index (χ2n) is 7.22. The minimum atomic E-state index is -0.671. The normalized spacial score (nSPS) is 61.9. The van der Waals surface area contributed by atoms with E-state index in [0.29, 0.717) is 13.2 Å². The van der Waals surface area contributed by atoms with Crippen molar-refractivity contribution in [2.45, 2.75) is 23.4 Å². The van der Waals surface area contributed by atoms with Crippen molar-refractivity contribution in [2.24, 2.45) is 23.7 Å². The quantitative estimate of drug-likeness (QED) is 0.437. The van der Waals surface area contributed by atoms with Crippen LogP contribution in [-0.2, 0) is 23.8 Å². The van der Waals surface area contributed by atoms with Crippen molar-refractivity contribution >= 4 is 11.8 Å². The molecule has 6 nitrogen and oxygen atoms in total. The van der Waals surface area contributed by atoms with E-state index in [1.54, 1.807) is 7.05 Å². The van der Waals surface area contributed by atoms with Gasteiger partial charge in [0.25, 0.3) is 0 Å². The fourth-order valence-electron chi connectivity index (χ4n) is 6.03. The van der Waals surface area contributed by atoms with Crippen LogP contribution in [0.5, 0.6) is 0 Å². The summed E-state index contributed by atoms with van der Waals surface area (Å²) in [5, 5.41) is 0. The summed E-state index contributed by atoms with van der Waals surface area (Å²) in [6, 6.07) is 0. The number of hydrogen-bond acceptors (Lipinski definition) is 5. The largest absolute Gasteiger partial charge is 0.375 e. The minimum Gasteiger partial charge on any atom is -0.375 e. The Hall–Kier alpha value is -1.24. The number of carbonyl (C=O) groups excluding carboxylic acids is 2. The SMILES string of the molecule is CN1C(=O)[C@@H]2[C@@H]3O[C@]4(COC[C@@]56C=C[C@@H](O5)[C@@H]3[C@@H]46)[C@@H]2C1=O. The zero-order chi connectivity index (χ0) is 14.1. The third-order valence-electron chi connectivity index (χ3n) is 6.58. The average Bonchev–Trinajstić information content (AvgIpc) is 3.22. The van der Waals surface area contributed by atoms with Crippen LogP contribution in [-0.4, -0.2) is 60.4 Å². The Kier molecular flexibility index (Phi) is 1.60. The fraction of sp³-hybridized carbons (Fsp3) is 0.733. The van der Waals surface area contributed by atoms with Crippen molar-refractivity contribution in [3.05, 3.63) is 12.2 Å². The molecule has 5 fully saturated rings. The van der Waals surface area contributed by atoms with E-state index in [-0.39, 0.29) is 41.8 Å². The number of likely N-dealkylation sites (tertiary alicyclic amines) is 1. The van der Waals surface area contributed by atoms with Gasteiger partial charge in [0.05, 0.1) is 37.3 Å². The van der Waals surface area contributed by atoms with E-state index in [4.69, 9.17) is 14.2 Å². The summed E-state index contributed by atoms with van der Waals surface area (Å²) in [4.78, 5) is 26.3. The summed E-state index contributed by atoms with van der Waals surface area (Å²) >= 11 is 0. The lowest BCUT2D eigenvalue weighted by atomic mass is 9.56.